The summed E-state index contributed by atoms with van der Waals surface area (Å²) in [6.07, 6.45) is 5.53. The van der Waals surface area contributed by atoms with Crippen LogP contribution < -0.4 is 10.6 Å². The van der Waals surface area contributed by atoms with E-state index in [0.29, 0.717) is 11.8 Å². The van der Waals surface area contributed by atoms with Gasteiger partial charge in [0.25, 0.3) is 0 Å². The summed E-state index contributed by atoms with van der Waals surface area (Å²) >= 11 is 0. The summed E-state index contributed by atoms with van der Waals surface area (Å²) in [5, 5.41) is 17.0. The van der Waals surface area contributed by atoms with E-state index in [4.69, 9.17) is 5.11 Å². The molecular formula is C11H20N2O2S2. The minimum atomic E-state index is -0.197. The molecule has 0 saturated heterocycles. The average Bonchev–Trinajstić information content (AvgIpc) is 2.81. The largest absolute Gasteiger partial charge is 0.394 e. The molecule has 1 heterocycles. The highest BCUT2D eigenvalue weighted by atomic mass is 33.1. The van der Waals surface area contributed by atoms with E-state index < -0.39 is 0 Å². The lowest BCUT2D eigenvalue weighted by Gasteiger charge is -2.12. The van der Waals surface area contributed by atoms with Crippen molar-refractivity contribution in [3.63, 3.8) is 0 Å². The van der Waals surface area contributed by atoms with E-state index in [0.717, 1.165) is 12.8 Å². The summed E-state index contributed by atoms with van der Waals surface area (Å²) in [5.41, 5.74) is 0. The molecule has 1 aliphatic rings. The van der Waals surface area contributed by atoms with E-state index in [-0.39, 0.29) is 18.7 Å². The molecule has 2 atom stereocenters. The topological polar surface area (TPSA) is 61.4 Å². The standard InChI is InChI=1S/C11H20N2O2S2/c1-9(8-14)13-11(15)12-6-3-2-4-10-5-7-16-17-10/h5,7,9-10,14H,2-4,6,8H2,1H3,(H2,12,13,15). The molecule has 0 aromatic rings. The number of rotatable bonds is 7. The fourth-order valence-electron chi connectivity index (χ4n) is 1.39. The Morgan fingerprint density at radius 2 is 2.35 bits per heavy atom. The number of nitrogens with one attached hydrogen (secondary N) is 2. The van der Waals surface area contributed by atoms with Gasteiger partial charge in [-0.3, -0.25) is 0 Å². The first kappa shape index (κ1) is 14.7. The maximum absolute atomic E-state index is 11.3. The fourth-order valence-corrected chi connectivity index (χ4v) is 3.65. The maximum Gasteiger partial charge on any atom is 0.315 e. The van der Waals surface area contributed by atoms with Crippen molar-refractivity contribution in [2.75, 3.05) is 13.2 Å². The molecule has 2 unspecified atom stereocenters. The molecule has 1 rings (SSSR count). The van der Waals surface area contributed by atoms with Gasteiger partial charge in [-0.15, -0.1) is 0 Å². The third kappa shape index (κ3) is 6.85. The average molecular weight is 276 g/mol. The van der Waals surface area contributed by atoms with Crippen molar-refractivity contribution in [1.82, 2.24) is 10.6 Å². The molecule has 4 nitrogen and oxygen atoms in total. The van der Waals surface area contributed by atoms with Crippen LogP contribution in [0.2, 0.25) is 0 Å². The Bertz CT molecular complexity index is 262. The van der Waals surface area contributed by atoms with Gasteiger partial charge in [0, 0.05) is 11.8 Å². The van der Waals surface area contributed by atoms with Gasteiger partial charge in [0.1, 0.15) is 0 Å². The van der Waals surface area contributed by atoms with Crippen LogP contribution in [-0.2, 0) is 0 Å². The summed E-state index contributed by atoms with van der Waals surface area (Å²) in [6, 6.07) is -0.385. The Morgan fingerprint density at radius 3 is 3.00 bits per heavy atom. The van der Waals surface area contributed by atoms with Crippen molar-refractivity contribution in [3.05, 3.63) is 11.5 Å². The molecule has 0 fully saturated rings. The van der Waals surface area contributed by atoms with Gasteiger partial charge in [0.2, 0.25) is 0 Å². The number of unbranched alkanes of at least 4 members (excludes halogenated alkanes) is 1. The first-order valence-corrected chi connectivity index (χ1v) is 8.14. The first-order chi connectivity index (χ1) is 8.22. The van der Waals surface area contributed by atoms with Crippen LogP contribution in [0.3, 0.4) is 0 Å². The van der Waals surface area contributed by atoms with Crippen molar-refractivity contribution in [2.45, 2.75) is 37.5 Å². The minimum absolute atomic E-state index is 0.0314. The minimum Gasteiger partial charge on any atom is -0.394 e. The van der Waals surface area contributed by atoms with E-state index >= 15 is 0 Å². The molecule has 0 spiro atoms. The van der Waals surface area contributed by atoms with E-state index in [1.165, 1.54) is 6.42 Å². The molecule has 0 saturated carbocycles. The molecule has 17 heavy (non-hydrogen) atoms. The number of urea groups is 1. The number of aliphatic hydroxyl groups is 1. The predicted octanol–water partition coefficient (Wildman–Crippen LogP) is 2.11. The second kappa shape index (κ2) is 8.72. The monoisotopic (exact) mass is 276 g/mol. The predicted molar refractivity (Wildman–Crippen MR) is 75.0 cm³/mol. The van der Waals surface area contributed by atoms with Gasteiger partial charge in [-0.2, -0.15) is 0 Å². The number of hydrogen-bond donors (Lipinski definition) is 3. The van der Waals surface area contributed by atoms with Crippen molar-refractivity contribution in [1.29, 1.82) is 0 Å². The van der Waals surface area contributed by atoms with Crippen molar-refractivity contribution in [3.8, 4) is 0 Å². The third-order valence-electron chi connectivity index (χ3n) is 2.38. The van der Waals surface area contributed by atoms with Crippen LogP contribution in [-0.4, -0.2) is 35.6 Å². The Kier molecular flexibility index (Phi) is 7.55. The zero-order chi connectivity index (χ0) is 12.5. The summed E-state index contributed by atoms with van der Waals surface area (Å²) in [4.78, 5) is 11.3. The van der Waals surface area contributed by atoms with Crippen LogP contribution in [0.25, 0.3) is 0 Å². The number of carbonyl (C=O) groups excluding carboxylic acids is 1. The molecule has 1 aliphatic heterocycles. The van der Waals surface area contributed by atoms with E-state index in [2.05, 4.69) is 22.1 Å². The normalized spacial score (nSPS) is 20.2. The second-order valence-corrected chi connectivity index (χ2v) is 6.46. The number of aliphatic hydroxyl groups excluding tert-OH is 1. The molecule has 0 aliphatic carbocycles. The summed E-state index contributed by atoms with van der Waals surface area (Å²) in [5.74, 6) is 0. The lowest BCUT2D eigenvalue weighted by Crippen LogP contribution is -2.42. The van der Waals surface area contributed by atoms with Crippen LogP contribution in [0.4, 0.5) is 4.79 Å². The highest BCUT2D eigenvalue weighted by Crippen LogP contribution is 2.37. The zero-order valence-corrected chi connectivity index (χ0v) is 11.6. The van der Waals surface area contributed by atoms with Crippen LogP contribution >= 0.6 is 21.6 Å². The molecule has 0 bridgehead atoms. The molecule has 0 aromatic heterocycles. The molecule has 0 radical (unpaired) electrons. The molecule has 6 heteroatoms. The number of carbonyl (C=O) groups is 1. The zero-order valence-electron chi connectivity index (χ0n) is 10.0. The van der Waals surface area contributed by atoms with Crippen LogP contribution in [0.1, 0.15) is 26.2 Å². The Labute approximate surface area is 110 Å². The Balaban J connectivity index is 1.92. The molecule has 0 aromatic carbocycles. The quantitative estimate of drug-likeness (QED) is 0.492. The Morgan fingerprint density at radius 1 is 1.53 bits per heavy atom. The highest BCUT2D eigenvalue weighted by Gasteiger charge is 2.10. The van der Waals surface area contributed by atoms with Gasteiger partial charge < -0.3 is 15.7 Å². The lowest BCUT2D eigenvalue weighted by molar-refractivity contribution is 0.220. The first-order valence-electron chi connectivity index (χ1n) is 5.86. The smallest absolute Gasteiger partial charge is 0.315 e. The lowest BCUT2D eigenvalue weighted by atomic mass is 10.2. The highest BCUT2D eigenvalue weighted by molar-refractivity contribution is 8.78. The van der Waals surface area contributed by atoms with E-state index in [1.807, 2.05) is 10.8 Å². The summed E-state index contributed by atoms with van der Waals surface area (Å²) in [7, 11) is 3.69. The third-order valence-corrected chi connectivity index (χ3v) is 4.81. The van der Waals surface area contributed by atoms with Crippen molar-refractivity contribution < 1.29 is 9.90 Å². The van der Waals surface area contributed by atoms with Gasteiger partial charge in [-0.1, -0.05) is 34.1 Å². The fraction of sp³-hybridized carbons (Fsp3) is 0.727. The SMILES string of the molecule is CC(CO)NC(=O)NCCCCC1C=CSS1. The van der Waals surface area contributed by atoms with Gasteiger partial charge in [0.15, 0.2) is 0 Å². The second-order valence-electron chi connectivity index (χ2n) is 4.04. The van der Waals surface area contributed by atoms with Crippen LogP contribution in [0, 0.1) is 0 Å². The van der Waals surface area contributed by atoms with E-state index in [1.54, 1.807) is 17.7 Å². The summed E-state index contributed by atoms with van der Waals surface area (Å²) in [6.45, 7) is 2.43. The summed E-state index contributed by atoms with van der Waals surface area (Å²) < 4.78 is 0. The molecule has 3 N–H and O–H groups in total. The van der Waals surface area contributed by atoms with Gasteiger partial charge >= 0.3 is 6.03 Å². The number of hydrogen-bond acceptors (Lipinski definition) is 4. The van der Waals surface area contributed by atoms with E-state index in [9.17, 15) is 4.79 Å². The van der Waals surface area contributed by atoms with Crippen molar-refractivity contribution >= 4 is 27.6 Å². The Hall–Kier alpha value is -0.330. The molecular weight excluding hydrogens is 256 g/mol. The van der Waals surface area contributed by atoms with Gasteiger partial charge in [-0.05, 0) is 25.2 Å². The van der Waals surface area contributed by atoms with Crippen molar-refractivity contribution in [2.24, 2.45) is 0 Å². The van der Waals surface area contributed by atoms with Crippen LogP contribution in [0.5, 0.6) is 0 Å². The molecule has 2 amide bonds. The van der Waals surface area contributed by atoms with Gasteiger partial charge in [0.05, 0.1) is 12.6 Å². The van der Waals surface area contributed by atoms with Crippen LogP contribution in [0.15, 0.2) is 11.5 Å². The number of amides is 2. The maximum atomic E-state index is 11.3. The van der Waals surface area contributed by atoms with Gasteiger partial charge in [-0.25, -0.2) is 4.79 Å². The molecule has 98 valence electrons.